The van der Waals surface area contributed by atoms with Crippen LogP contribution in [-0.4, -0.2) is 129 Å². The van der Waals surface area contributed by atoms with E-state index in [2.05, 4.69) is 10.6 Å². The summed E-state index contributed by atoms with van der Waals surface area (Å²) in [5, 5.41) is 5.47. The predicted molar refractivity (Wildman–Crippen MR) is 186 cm³/mol. The minimum absolute atomic E-state index is 0.0196. The molecule has 2 N–H and O–H groups in total. The molecule has 1 aromatic rings. The Morgan fingerprint density at radius 1 is 0.964 bits per heavy atom. The van der Waals surface area contributed by atoms with Gasteiger partial charge < -0.3 is 34.5 Å². The molecule has 21 heteroatoms. The number of likely N-dealkylation sites (N-methyl/N-ethyl adjacent to an activating group) is 1. The number of nitrogens with zero attached hydrogens (tertiary/aromatic N) is 4. The first-order valence-electron chi connectivity index (χ1n) is 16.8. The summed E-state index contributed by atoms with van der Waals surface area (Å²) >= 11 is 1.07. The van der Waals surface area contributed by atoms with Gasteiger partial charge in [0.2, 0.25) is 19.0 Å². The summed E-state index contributed by atoms with van der Waals surface area (Å²) in [6.07, 6.45) is -1.38. The first kappa shape index (κ1) is 41.8. The smallest absolute Gasteiger partial charge is 0.355 e. The average molecular weight is 789 g/mol. The van der Waals surface area contributed by atoms with Crippen molar-refractivity contribution in [1.29, 1.82) is 0 Å². The number of piperazine rings is 1. The summed E-state index contributed by atoms with van der Waals surface area (Å²) < 4.78 is 21.4. The molecule has 20 nitrogen and oxygen atoms in total. The Bertz CT molecular complexity index is 1840. The monoisotopic (exact) mass is 788 g/mol. The van der Waals surface area contributed by atoms with Gasteiger partial charge in [-0.1, -0.05) is 6.07 Å². The summed E-state index contributed by atoms with van der Waals surface area (Å²) in [7, 11) is 0. The van der Waals surface area contributed by atoms with E-state index >= 15 is 0 Å². The van der Waals surface area contributed by atoms with Crippen molar-refractivity contribution in [3.05, 3.63) is 35.0 Å². The fourth-order valence-corrected chi connectivity index (χ4v) is 7.24. The van der Waals surface area contributed by atoms with Crippen molar-refractivity contribution in [2.75, 3.05) is 25.4 Å². The summed E-state index contributed by atoms with van der Waals surface area (Å²) in [6.45, 7) is 9.42. The van der Waals surface area contributed by atoms with Crippen LogP contribution in [0.25, 0.3) is 0 Å². The molecule has 0 radical (unpaired) electrons. The first-order valence-corrected chi connectivity index (χ1v) is 17.8. The zero-order chi connectivity index (χ0) is 40.9. The highest BCUT2D eigenvalue weighted by atomic mass is 32.2. The van der Waals surface area contributed by atoms with Crippen LogP contribution in [0.2, 0.25) is 0 Å². The molecular formula is C34H40N6O14S. The maximum atomic E-state index is 14.6. The van der Waals surface area contributed by atoms with Gasteiger partial charge in [-0.3, -0.25) is 48.1 Å². The van der Waals surface area contributed by atoms with Crippen molar-refractivity contribution in [2.24, 2.45) is 0 Å². The van der Waals surface area contributed by atoms with Crippen LogP contribution in [0.4, 0.5) is 0 Å². The summed E-state index contributed by atoms with van der Waals surface area (Å²) in [5.74, 6) is -8.36. The minimum Gasteiger partial charge on any atom is -0.455 e. The standard InChI is InChI=1S/C34H40N6O14S/c1-8-37-11-12-38(31(49)30(37)48)39(16-42)25(20-9-10-22(51-17(2)43)23(13-20)52-18(3)44)27(46)36-28(53-19(4)45)21-14-55-32-24(35-15-41)29(47)40(32)26(21)33(50)54-34(5,6)7/h9-10,13,15-16,24-25,28,32H,8,11-12,14H2,1-7H3,(H,35,41)(H,36,46)/t24-,25?,28?,32+/m0/s1. The highest BCUT2D eigenvalue weighted by molar-refractivity contribution is 8.00. The SMILES string of the molecule is CCN1CCN(N(C=O)C(C(=O)NC(OC(C)=O)C2=C(C(=O)OC(C)(C)C)N3C(=O)[C@H](NC=O)[C@H]3SC2)c2ccc(OC(C)=O)c(OC(C)=O)c2)C(=O)C1=O. The number of fused-ring (bicyclic) bond motifs is 1. The number of esters is 4. The van der Waals surface area contributed by atoms with Crippen LogP contribution in [0, 0.1) is 0 Å². The minimum atomic E-state index is -1.90. The van der Waals surface area contributed by atoms with E-state index in [-0.39, 0.29) is 60.1 Å². The molecule has 0 aliphatic carbocycles. The number of ether oxygens (including phenoxy) is 4. The van der Waals surface area contributed by atoms with E-state index < -0.39 is 76.8 Å². The molecular weight excluding hydrogens is 748 g/mol. The van der Waals surface area contributed by atoms with Crippen LogP contribution < -0.4 is 20.1 Å². The van der Waals surface area contributed by atoms with E-state index in [4.69, 9.17) is 18.9 Å². The largest absolute Gasteiger partial charge is 0.455 e. The second kappa shape index (κ2) is 17.0. The Hall–Kier alpha value is -5.99. The molecule has 55 heavy (non-hydrogen) atoms. The number of carbonyl (C=O) groups is 10. The molecule has 0 aromatic heterocycles. The lowest BCUT2D eigenvalue weighted by molar-refractivity contribution is -0.177. The lowest BCUT2D eigenvalue weighted by atomic mass is 10.0. The number of hydrogen-bond donors (Lipinski definition) is 2. The van der Waals surface area contributed by atoms with Gasteiger partial charge in [-0.15, -0.1) is 11.8 Å². The van der Waals surface area contributed by atoms with Gasteiger partial charge in [0, 0.05) is 45.2 Å². The van der Waals surface area contributed by atoms with Crippen molar-refractivity contribution in [3.8, 4) is 11.5 Å². The maximum Gasteiger partial charge on any atom is 0.355 e. The number of carbonyl (C=O) groups excluding carboxylic acids is 10. The summed E-state index contributed by atoms with van der Waals surface area (Å²) in [4.78, 5) is 131. The van der Waals surface area contributed by atoms with E-state index in [0.717, 1.165) is 54.6 Å². The third kappa shape index (κ3) is 9.22. The Morgan fingerprint density at radius 2 is 1.62 bits per heavy atom. The highest BCUT2D eigenvalue weighted by Crippen LogP contribution is 2.42. The van der Waals surface area contributed by atoms with Gasteiger partial charge in [-0.25, -0.2) is 14.8 Å². The predicted octanol–water partition coefficient (Wildman–Crippen LogP) is -0.727. The Morgan fingerprint density at radius 3 is 2.18 bits per heavy atom. The van der Waals surface area contributed by atoms with Gasteiger partial charge in [-0.05, 0) is 45.4 Å². The molecule has 6 amide bonds. The molecule has 3 heterocycles. The van der Waals surface area contributed by atoms with Crippen LogP contribution in [0.5, 0.6) is 11.5 Å². The number of thioether (sulfide) groups is 1. The van der Waals surface area contributed by atoms with Crippen molar-refractivity contribution >= 4 is 72.1 Å². The number of hydrazine groups is 1. The third-order valence-electron chi connectivity index (χ3n) is 8.07. The molecule has 0 saturated carbocycles. The number of amides is 6. The molecule has 296 valence electrons. The van der Waals surface area contributed by atoms with Crippen LogP contribution in [0.3, 0.4) is 0 Å². The van der Waals surface area contributed by atoms with Crippen LogP contribution in [0.15, 0.2) is 29.5 Å². The fraction of sp³-hybridized carbons (Fsp3) is 0.471. The summed E-state index contributed by atoms with van der Waals surface area (Å²) in [6, 6.07) is 0.559. The Labute approximate surface area is 318 Å². The molecule has 1 aromatic carbocycles. The number of rotatable bonds is 14. The van der Waals surface area contributed by atoms with E-state index in [9.17, 15) is 47.9 Å². The third-order valence-corrected chi connectivity index (χ3v) is 9.37. The highest BCUT2D eigenvalue weighted by Gasteiger charge is 2.55. The van der Waals surface area contributed by atoms with E-state index in [0.29, 0.717) is 11.4 Å². The fourth-order valence-electron chi connectivity index (χ4n) is 5.85. The van der Waals surface area contributed by atoms with Gasteiger partial charge >= 0.3 is 35.7 Å². The van der Waals surface area contributed by atoms with Gasteiger partial charge in [-0.2, -0.15) is 0 Å². The zero-order valence-corrected chi connectivity index (χ0v) is 31.8. The Kier molecular flexibility index (Phi) is 12.9. The number of hydrogen-bond acceptors (Lipinski definition) is 15. The number of β-lactam (4-membered cyclic amide) rings is 1. The van der Waals surface area contributed by atoms with Gasteiger partial charge in [0.25, 0.3) is 11.8 Å². The van der Waals surface area contributed by atoms with Gasteiger partial charge in [0.05, 0.1) is 6.54 Å². The molecule has 2 fully saturated rings. The van der Waals surface area contributed by atoms with E-state index in [1.54, 1.807) is 27.7 Å². The van der Waals surface area contributed by atoms with E-state index in [1.165, 1.54) is 11.0 Å². The second-order valence-electron chi connectivity index (χ2n) is 13.1. The van der Waals surface area contributed by atoms with Crippen molar-refractivity contribution in [1.82, 2.24) is 30.5 Å². The maximum absolute atomic E-state index is 14.6. The van der Waals surface area contributed by atoms with Gasteiger partial charge in [0.1, 0.15) is 22.7 Å². The van der Waals surface area contributed by atoms with Crippen LogP contribution in [-0.2, 0) is 57.4 Å². The lowest BCUT2D eigenvalue weighted by Crippen LogP contribution is -2.70. The molecule has 3 aliphatic heterocycles. The normalized spacial score (nSPS) is 19.3. The molecule has 3 aliphatic rings. The van der Waals surface area contributed by atoms with Crippen molar-refractivity contribution in [3.63, 3.8) is 0 Å². The molecule has 4 rings (SSSR count). The van der Waals surface area contributed by atoms with Crippen molar-refractivity contribution in [2.45, 2.75) is 77.8 Å². The molecule has 0 bridgehead atoms. The first-order chi connectivity index (χ1) is 25.8. The topological polar surface area (TPSA) is 245 Å². The lowest BCUT2D eigenvalue weighted by Gasteiger charge is -2.50. The zero-order valence-electron chi connectivity index (χ0n) is 30.9. The second-order valence-corrected chi connectivity index (χ2v) is 14.2. The Balaban J connectivity index is 1.88. The number of benzene rings is 1. The quantitative estimate of drug-likeness (QED) is 0.0590. The molecule has 0 spiro atoms. The van der Waals surface area contributed by atoms with Crippen LogP contribution >= 0.6 is 11.8 Å². The number of nitrogens with one attached hydrogen (secondary N) is 2. The average Bonchev–Trinajstić information content (AvgIpc) is 3.09. The van der Waals surface area contributed by atoms with Crippen molar-refractivity contribution < 1.29 is 66.9 Å². The van der Waals surface area contributed by atoms with E-state index in [1.807, 2.05) is 0 Å². The summed E-state index contributed by atoms with van der Waals surface area (Å²) in [5.41, 5.74) is -1.72. The van der Waals surface area contributed by atoms with Crippen LogP contribution in [0.1, 0.15) is 60.1 Å². The molecule has 2 saturated heterocycles. The van der Waals surface area contributed by atoms with Gasteiger partial charge in [0.15, 0.2) is 17.5 Å². The molecule has 2 unspecified atom stereocenters. The molecule has 4 atom stereocenters.